The van der Waals surface area contributed by atoms with Gasteiger partial charge in [-0.25, -0.2) is 4.79 Å². The molecule has 0 bridgehead atoms. The molecule has 27 heavy (non-hydrogen) atoms. The third kappa shape index (κ3) is 5.86. The standard InChI is InChI=1S/C21H21ClO5/c1-4-5-15-6-11-18(19(12-15)25-3)26-13-20(23)27-14(2)21(24)16-7-9-17(22)10-8-16/h4-12,14H,13H2,1-3H3/b5-4+/t14-/m1/s1. The largest absolute Gasteiger partial charge is 0.493 e. The van der Waals surface area contributed by atoms with Crippen molar-refractivity contribution in [3.05, 3.63) is 64.7 Å². The van der Waals surface area contributed by atoms with E-state index in [9.17, 15) is 9.59 Å². The molecule has 0 aliphatic rings. The van der Waals surface area contributed by atoms with Gasteiger partial charge >= 0.3 is 5.97 Å². The van der Waals surface area contributed by atoms with Crippen LogP contribution in [-0.2, 0) is 9.53 Å². The van der Waals surface area contributed by atoms with Gasteiger partial charge in [0, 0.05) is 10.6 Å². The minimum atomic E-state index is -0.929. The van der Waals surface area contributed by atoms with Crippen molar-refractivity contribution in [1.82, 2.24) is 0 Å². The molecule has 0 saturated heterocycles. The van der Waals surface area contributed by atoms with Crippen LogP contribution in [0.5, 0.6) is 11.5 Å². The predicted molar refractivity (Wildman–Crippen MR) is 105 cm³/mol. The van der Waals surface area contributed by atoms with Gasteiger partial charge in [-0.1, -0.05) is 29.8 Å². The Bertz CT molecular complexity index is 827. The van der Waals surface area contributed by atoms with E-state index in [4.69, 9.17) is 25.8 Å². The lowest BCUT2D eigenvalue weighted by Crippen LogP contribution is -2.27. The Morgan fingerprint density at radius 1 is 1.11 bits per heavy atom. The number of Topliss-reactive ketones (excluding diaryl/α,β-unsaturated/α-hetero) is 1. The van der Waals surface area contributed by atoms with Gasteiger partial charge in [0.25, 0.3) is 0 Å². The Hall–Kier alpha value is -2.79. The Labute approximate surface area is 163 Å². The summed E-state index contributed by atoms with van der Waals surface area (Å²) < 4.78 is 15.9. The molecule has 1 atom stereocenters. The number of methoxy groups -OCH3 is 1. The Morgan fingerprint density at radius 3 is 2.44 bits per heavy atom. The topological polar surface area (TPSA) is 61.8 Å². The predicted octanol–water partition coefficient (Wildman–Crippen LogP) is 4.58. The van der Waals surface area contributed by atoms with Crippen LogP contribution in [0.1, 0.15) is 29.8 Å². The maximum absolute atomic E-state index is 12.3. The first-order chi connectivity index (χ1) is 12.9. The third-order valence-electron chi connectivity index (χ3n) is 3.70. The molecule has 2 rings (SSSR count). The molecule has 142 valence electrons. The van der Waals surface area contributed by atoms with Gasteiger partial charge in [-0.15, -0.1) is 0 Å². The van der Waals surface area contributed by atoms with Crippen molar-refractivity contribution in [2.45, 2.75) is 20.0 Å². The number of rotatable bonds is 8. The number of allylic oxidation sites excluding steroid dienone is 1. The number of halogens is 1. The number of carbonyl (C=O) groups excluding carboxylic acids is 2. The van der Waals surface area contributed by atoms with Crippen molar-refractivity contribution < 1.29 is 23.8 Å². The van der Waals surface area contributed by atoms with Crippen LogP contribution in [0.2, 0.25) is 5.02 Å². The van der Waals surface area contributed by atoms with Crippen LogP contribution in [0, 0.1) is 0 Å². The second-order valence-corrected chi connectivity index (χ2v) is 6.14. The highest BCUT2D eigenvalue weighted by Crippen LogP contribution is 2.28. The van der Waals surface area contributed by atoms with E-state index < -0.39 is 12.1 Å². The molecule has 5 nitrogen and oxygen atoms in total. The molecule has 0 spiro atoms. The molecule has 0 aliphatic heterocycles. The summed E-state index contributed by atoms with van der Waals surface area (Å²) in [5.41, 5.74) is 1.37. The summed E-state index contributed by atoms with van der Waals surface area (Å²) in [4.78, 5) is 24.3. The Morgan fingerprint density at radius 2 is 1.81 bits per heavy atom. The van der Waals surface area contributed by atoms with E-state index in [1.54, 1.807) is 36.4 Å². The highest BCUT2D eigenvalue weighted by Gasteiger charge is 2.20. The molecule has 6 heteroatoms. The molecule has 0 saturated carbocycles. The highest BCUT2D eigenvalue weighted by atomic mass is 35.5. The van der Waals surface area contributed by atoms with E-state index in [0.29, 0.717) is 22.1 Å². The first kappa shape index (κ1) is 20.5. The number of esters is 1. The lowest BCUT2D eigenvalue weighted by atomic mass is 10.1. The molecule has 0 radical (unpaired) electrons. The van der Waals surface area contributed by atoms with Crippen LogP contribution in [0.15, 0.2) is 48.5 Å². The summed E-state index contributed by atoms with van der Waals surface area (Å²) in [7, 11) is 1.52. The van der Waals surface area contributed by atoms with E-state index >= 15 is 0 Å². The van der Waals surface area contributed by atoms with Gasteiger partial charge in [0.1, 0.15) is 0 Å². The molecule has 0 N–H and O–H groups in total. The van der Waals surface area contributed by atoms with Gasteiger partial charge in [-0.05, 0) is 55.8 Å². The van der Waals surface area contributed by atoms with Crippen molar-refractivity contribution in [1.29, 1.82) is 0 Å². The van der Waals surface area contributed by atoms with Crippen molar-refractivity contribution in [3.63, 3.8) is 0 Å². The smallest absolute Gasteiger partial charge is 0.344 e. The number of hydrogen-bond donors (Lipinski definition) is 0. The van der Waals surface area contributed by atoms with E-state index in [0.717, 1.165) is 5.56 Å². The average Bonchev–Trinajstić information content (AvgIpc) is 2.67. The van der Waals surface area contributed by atoms with Crippen LogP contribution < -0.4 is 9.47 Å². The lowest BCUT2D eigenvalue weighted by Gasteiger charge is -2.14. The van der Waals surface area contributed by atoms with Crippen LogP contribution in [0.3, 0.4) is 0 Å². The first-order valence-corrected chi connectivity index (χ1v) is 8.75. The monoisotopic (exact) mass is 388 g/mol. The van der Waals surface area contributed by atoms with Gasteiger partial charge in [0.05, 0.1) is 7.11 Å². The fourth-order valence-electron chi connectivity index (χ4n) is 2.37. The Kier molecular flexibility index (Phi) is 7.44. The maximum Gasteiger partial charge on any atom is 0.344 e. The van der Waals surface area contributed by atoms with Crippen LogP contribution in [0.25, 0.3) is 6.08 Å². The zero-order valence-electron chi connectivity index (χ0n) is 15.4. The maximum atomic E-state index is 12.3. The summed E-state index contributed by atoms with van der Waals surface area (Å²) in [5.74, 6) is -0.0410. The van der Waals surface area contributed by atoms with Gasteiger partial charge in [-0.3, -0.25) is 4.79 Å². The van der Waals surface area contributed by atoms with Gasteiger partial charge < -0.3 is 14.2 Å². The van der Waals surface area contributed by atoms with Gasteiger partial charge in [0.15, 0.2) is 24.2 Å². The summed E-state index contributed by atoms with van der Waals surface area (Å²) in [5, 5.41) is 0.527. The van der Waals surface area contributed by atoms with Crippen molar-refractivity contribution in [3.8, 4) is 11.5 Å². The minimum Gasteiger partial charge on any atom is -0.493 e. The van der Waals surface area contributed by atoms with Crippen molar-refractivity contribution in [2.75, 3.05) is 13.7 Å². The van der Waals surface area contributed by atoms with Crippen LogP contribution in [-0.4, -0.2) is 31.6 Å². The second-order valence-electron chi connectivity index (χ2n) is 5.70. The van der Waals surface area contributed by atoms with Crippen LogP contribution in [0.4, 0.5) is 0 Å². The molecule has 0 fully saturated rings. The van der Waals surface area contributed by atoms with E-state index in [1.165, 1.54) is 14.0 Å². The normalized spacial score (nSPS) is 11.9. The number of benzene rings is 2. The summed E-state index contributed by atoms with van der Waals surface area (Å²) in [6.45, 7) is 3.10. The minimum absolute atomic E-state index is 0.312. The number of ether oxygens (including phenoxy) is 3. The van der Waals surface area contributed by atoms with Gasteiger partial charge in [0.2, 0.25) is 5.78 Å². The molecular formula is C21H21ClO5. The fraction of sp³-hybridized carbons (Fsp3) is 0.238. The average molecular weight is 389 g/mol. The quantitative estimate of drug-likeness (QED) is 0.489. The van der Waals surface area contributed by atoms with E-state index in [2.05, 4.69) is 0 Å². The molecule has 0 amide bonds. The fourth-order valence-corrected chi connectivity index (χ4v) is 2.50. The molecule has 0 heterocycles. The molecule has 0 aliphatic carbocycles. The molecule has 0 unspecified atom stereocenters. The number of ketones is 1. The van der Waals surface area contributed by atoms with E-state index in [-0.39, 0.29) is 12.4 Å². The second kappa shape index (κ2) is 9.78. The third-order valence-corrected chi connectivity index (χ3v) is 3.95. The number of carbonyl (C=O) groups is 2. The van der Waals surface area contributed by atoms with Crippen molar-refractivity contribution >= 4 is 29.4 Å². The lowest BCUT2D eigenvalue weighted by molar-refractivity contribution is -0.148. The molecule has 0 aromatic heterocycles. The summed E-state index contributed by atoms with van der Waals surface area (Å²) >= 11 is 5.80. The van der Waals surface area contributed by atoms with E-state index in [1.807, 2.05) is 25.1 Å². The molecule has 2 aromatic rings. The first-order valence-electron chi connectivity index (χ1n) is 8.37. The summed E-state index contributed by atoms with van der Waals surface area (Å²) in [6.07, 6.45) is 2.90. The van der Waals surface area contributed by atoms with Gasteiger partial charge in [-0.2, -0.15) is 0 Å². The van der Waals surface area contributed by atoms with Crippen LogP contribution >= 0.6 is 11.6 Å². The molecule has 2 aromatic carbocycles. The zero-order valence-corrected chi connectivity index (χ0v) is 16.2. The SMILES string of the molecule is C/C=C/c1ccc(OCC(=O)O[C@H](C)C(=O)c2ccc(Cl)cc2)c(OC)c1. The summed E-state index contributed by atoms with van der Waals surface area (Å²) in [6, 6.07) is 11.7. The zero-order chi connectivity index (χ0) is 19.8. The van der Waals surface area contributed by atoms with Crippen molar-refractivity contribution in [2.24, 2.45) is 0 Å². The highest BCUT2D eigenvalue weighted by molar-refractivity contribution is 6.30. The molecular weight excluding hydrogens is 368 g/mol. The number of hydrogen-bond acceptors (Lipinski definition) is 5. The Balaban J connectivity index is 1.93.